The lowest BCUT2D eigenvalue weighted by molar-refractivity contribution is -0.871. The molecule has 2 aromatic carbocycles. The number of allylic oxidation sites excluding steroid dienone is 6. The Morgan fingerprint density at radius 2 is 1.36 bits per heavy atom. The predicted octanol–water partition coefficient (Wildman–Crippen LogP) is 5.58. The summed E-state index contributed by atoms with van der Waals surface area (Å²) in [6.45, 7) is 11.5. The fraction of sp³-hybridized carbons (Fsp3) is 0.486. The van der Waals surface area contributed by atoms with Crippen LogP contribution in [0, 0.1) is 0 Å². The Hall–Kier alpha value is -2.65. The van der Waals surface area contributed by atoms with Gasteiger partial charge in [0, 0.05) is 52.0 Å². The van der Waals surface area contributed by atoms with E-state index in [9.17, 15) is 25.9 Å². The first-order chi connectivity index (χ1) is 22.7. The largest absolute Gasteiger partial charge is 0.744 e. The molecule has 0 fully saturated rings. The second kappa shape index (κ2) is 14.1. The van der Waals surface area contributed by atoms with Gasteiger partial charge >= 0.3 is 0 Å². The van der Waals surface area contributed by atoms with Gasteiger partial charge in [0.1, 0.15) is 20.2 Å². The van der Waals surface area contributed by atoms with E-state index in [0.717, 1.165) is 86.4 Å². The molecule has 0 amide bonds. The van der Waals surface area contributed by atoms with Gasteiger partial charge in [0.15, 0.2) is 12.3 Å². The molecule has 10 nitrogen and oxygen atoms in total. The van der Waals surface area contributed by atoms with Crippen LogP contribution in [0.4, 0.5) is 11.4 Å². The van der Waals surface area contributed by atoms with E-state index in [1.807, 2.05) is 52.0 Å². The molecule has 0 bridgehead atoms. The minimum absolute atomic E-state index is 0.236. The summed E-state index contributed by atoms with van der Waals surface area (Å²) in [6.07, 6.45) is 9.81. The number of quaternary nitrogens is 2. The SMILES string of the molecule is CC1(C)C(/C=C/C(Br)=C/C=C2/N(CCC[N+](C)(C)C)c3ccc(S(=O)(=O)[O-])cc3C2(C)C)=[N+](CCC[N+](C)(C)C)c2ccc(S(=O)(=O)[O-])cc21. The first-order valence-corrected chi connectivity index (χ1v) is 20.3. The van der Waals surface area contributed by atoms with Gasteiger partial charge in [0.05, 0.1) is 77.0 Å². The van der Waals surface area contributed by atoms with Crippen molar-refractivity contribution in [3.8, 4) is 0 Å². The van der Waals surface area contributed by atoms with Crippen molar-refractivity contribution in [2.45, 2.75) is 61.2 Å². The molecule has 0 saturated heterocycles. The first kappa shape index (κ1) is 40.1. The molecule has 0 atom stereocenters. The van der Waals surface area contributed by atoms with Crippen LogP contribution in [0.5, 0.6) is 0 Å². The van der Waals surface area contributed by atoms with E-state index < -0.39 is 31.1 Å². The van der Waals surface area contributed by atoms with Crippen molar-refractivity contribution in [1.82, 2.24) is 0 Å². The highest BCUT2D eigenvalue weighted by molar-refractivity contribution is 9.11. The lowest BCUT2D eigenvalue weighted by atomic mass is 9.81. The van der Waals surface area contributed by atoms with E-state index in [0.29, 0.717) is 0 Å². The van der Waals surface area contributed by atoms with Gasteiger partial charge in [-0.25, -0.2) is 16.8 Å². The average Bonchev–Trinajstić information content (AvgIpc) is 3.30. The molecule has 4 rings (SSSR count). The van der Waals surface area contributed by atoms with E-state index in [1.54, 1.807) is 12.1 Å². The minimum Gasteiger partial charge on any atom is -0.744 e. The van der Waals surface area contributed by atoms with Crippen molar-refractivity contribution < 1.29 is 39.5 Å². The van der Waals surface area contributed by atoms with Crippen LogP contribution in [0.3, 0.4) is 0 Å². The molecular formula is C37H52BrN4O6S2+. The Morgan fingerprint density at radius 3 is 1.92 bits per heavy atom. The summed E-state index contributed by atoms with van der Waals surface area (Å²) in [7, 11) is 3.65. The zero-order valence-electron chi connectivity index (χ0n) is 30.9. The molecular weight excluding hydrogens is 740 g/mol. The number of hydrogen-bond donors (Lipinski definition) is 0. The van der Waals surface area contributed by atoms with Crippen molar-refractivity contribution in [3.63, 3.8) is 0 Å². The smallest absolute Gasteiger partial charge is 0.209 e. The van der Waals surface area contributed by atoms with Crippen LogP contribution in [-0.4, -0.2) is 114 Å². The Kier molecular flexibility index (Phi) is 11.3. The summed E-state index contributed by atoms with van der Waals surface area (Å²) >= 11 is 3.74. The molecule has 274 valence electrons. The molecule has 0 spiro atoms. The summed E-state index contributed by atoms with van der Waals surface area (Å²) in [4.78, 5) is 1.74. The van der Waals surface area contributed by atoms with Crippen LogP contribution in [0.15, 0.2) is 80.7 Å². The maximum absolute atomic E-state index is 11.9. The van der Waals surface area contributed by atoms with Gasteiger partial charge in [-0.05, 0) is 68.0 Å². The standard InChI is InChI=1S/C37H52BrN4O6S2/c1-36(2)30-25-28(49(43,44)45)15-17-32(30)39(21-11-23-41(5,6)7)34(36)19-13-27(38)14-20-35-37(3,4)31-26-29(50(46,47)48)16-18-33(31)40(35)22-12-24-42(8,9)10/h13-20,25-26H,11-12,21-24H2,1-10H3/q+1. The van der Waals surface area contributed by atoms with E-state index in [2.05, 4.69) is 67.7 Å². The molecule has 0 radical (unpaired) electrons. The van der Waals surface area contributed by atoms with Crippen LogP contribution in [0.2, 0.25) is 0 Å². The first-order valence-electron chi connectivity index (χ1n) is 16.7. The third-order valence-corrected chi connectivity index (χ3v) is 11.7. The molecule has 13 heteroatoms. The van der Waals surface area contributed by atoms with Crippen LogP contribution in [-0.2, 0) is 31.1 Å². The van der Waals surface area contributed by atoms with E-state index in [-0.39, 0.29) is 9.79 Å². The zero-order chi connectivity index (χ0) is 37.7. The van der Waals surface area contributed by atoms with Crippen LogP contribution < -0.4 is 4.90 Å². The van der Waals surface area contributed by atoms with Gasteiger partial charge in [-0.3, -0.25) is 0 Å². The van der Waals surface area contributed by atoms with Crippen molar-refractivity contribution in [3.05, 3.63) is 82.0 Å². The Bertz CT molecular complexity index is 2000. The summed E-state index contributed by atoms with van der Waals surface area (Å²) in [5, 5.41) is 0. The Morgan fingerprint density at radius 1 is 0.820 bits per heavy atom. The lowest BCUT2D eigenvalue weighted by Crippen LogP contribution is -2.37. The average molecular weight is 793 g/mol. The van der Waals surface area contributed by atoms with Crippen molar-refractivity contribution in [1.29, 1.82) is 0 Å². The van der Waals surface area contributed by atoms with Crippen molar-refractivity contribution in [2.75, 3.05) is 73.4 Å². The quantitative estimate of drug-likeness (QED) is 0.113. The minimum atomic E-state index is -4.62. The molecule has 2 aliphatic rings. The molecule has 0 N–H and O–H groups in total. The normalized spacial score (nSPS) is 18.8. The highest BCUT2D eigenvalue weighted by Gasteiger charge is 2.45. The zero-order valence-corrected chi connectivity index (χ0v) is 34.2. The molecule has 2 aliphatic heterocycles. The predicted molar refractivity (Wildman–Crippen MR) is 201 cm³/mol. The van der Waals surface area contributed by atoms with Gasteiger partial charge in [-0.1, -0.05) is 29.8 Å². The van der Waals surface area contributed by atoms with Gasteiger partial charge in [0.25, 0.3) is 0 Å². The van der Waals surface area contributed by atoms with Crippen LogP contribution >= 0.6 is 15.9 Å². The number of benzene rings is 2. The summed E-state index contributed by atoms with van der Waals surface area (Å²) in [5.41, 5.74) is 4.16. The molecule has 50 heavy (non-hydrogen) atoms. The maximum atomic E-state index is 11.9. The van der Waals surface area contributed by atoms with Crippen molar-refractivity contribution >= 4 is 53.3 Å². The van der Waals surface area contributed by atoms with Gasteiger partial charge in [-0.15, -0.1) is 0 Å². The molecule has 0 saturated carbocycles. The molecule has 0 aliphatic carbocycles. The number of fused-ring (bicyclic) bond motifs is 2. The number of nitrogens with zero attached hydrogens (tertiary/aromatic N) is 4. The summed E-state index contributed by atoms with van der Waals surface area (Å²) in [5.74, 6) is 0. The van der Waals surface area contributed by atoms with Gasteiger partial charge in [-0.2, -0.15) is 4.58 Å². The molecule has 0 unspecified atom stereocenters. The second-order valence-corrected chi connectivity index (χ2v) is 20.1. The molecule has 2 aromatic rings. The monoisotopic (exact) mass is 791 g/mol. The number of anilines is 1. The maximum Gasteiger partial charge on any atom is 0.209 e. The van der Waals surface area contributed by atoms with E-state index >= 15 is 0 Å². The van der Waals surface area contributed by atoms with E-state index in [4.69, 9.17) is 0 Å². The number of halogens is 1. The van der Waals surface area contributed by atoms with Crippen LogP contribution in [0.25, 0.3) is 0 Å². The lowest BCUT2D eigenvalue weighted by Gasteiger charge is -2.29. The fourth-order valence-electron chi connectivity index (χ4n) is 6.88. The van der Waals surface area contributed by atoms with Crippen LogP contribution in [0.1, 0.15) is 51.7 Å². The topological polar surface area (TPSA) is 121 Å². The number of rotatable bonds is 13. The highest BCUT2D eigenvalue weighted by atomic mass is 79.9. The van der Waals surface area contributed by atoms with Gasteiger partial charge in [0.2, 0.25) is 5.69 Å². The Balaban J connectivity index is 1.74. The van der Waals surface area contributed by atoms with E-state index in [1.165, 1.54) is 24.3 Å². The number of hydrogen-bond acceptors (Lipinski definition) is 7. The fourth-order valence-corrected chi connectivity index (χ4v) is 8.14. The third-order valence-electron chi connectivity index (χ3n) is 9.53. The molecule has 2 heterocycles. The summed E-state index contributed by atoms with van der Waals surface area (Å²) < 4.78 is 76.2. The Labute approximate surface area is 307 Å². The third kappa shape index (κ3) is 9.04. The van der Waals surface area contributed by atoms with Gasteiger partial charge < -0.3 is 23.0 Å². The van der Waals surface area contributed by atoms with Crippen molar-refractivity contribution in [2.24, 2.45) is 0 Å². The highest BCUT2D eigenvalue weighted by Crippen LogP contribution is 2.49. The summed E-state index contributed by atoms with van der Waals surface area (Å²) in [6, 6.07) is 9.28. The second-order valence-electron chi connectivity index (χ2n) is 16.4. The molecule has 0 aromatic heterocycles.